The highest BCUT2D eigenvalue weighted by atomic mass is 16.6. The molecule has 3 rings (SSSR count). The normalized spacial score (nSPS) is 14.4. The smallest absolute Gasteiger partial charge is 0.357 e. The van der Waals surface area contributed by atoms with Gasteiger partial charge in [-0.25, -0.2) is 9.78 Å². The molecule has 1 heterocycles. The number of para-hydroxylation sites is 1. The number of ether oxygens (including phenoxy) is 1. The van der Waals surface area contributed by atoms with E-state index in [4.69, 9.17) is 10.5 Å². The molecule has 0 saturated carbocycles. The molecule has 0 radical (unpaired) electrons. The van der Waals surface area contributed by atoms with Crippen molar-refractivity contribution in [3.8, 4) is 0 Å². The molecule has 0 aliphatic rings. The first kappa shape index (κ1) is 25.3. The zero-order valence-corrected chi connectivity index (χ0v) is 19.6. The number of carbonyl (C=O) groups is 2. The maximum Gasteiger partial charge on any atom is 0.357 e. The van der Waals surface area contributed by atoms with Crippen LogP contribution in [-0.2, 0) is 16.0 Å². The van der Waals surface area contributed by atoms with Gasteiger partial charge in [0.25, 0.3) is 0 Å². The summed E-state index contributed by atoms with van der Waals surface area (Å²) in [7, 11) is 0. The molecule has 4 N–H and O–H groups in total. The summed E-state index contributed by atoms with van der Waals surface area (Å²) >= 11 is 0. The molecular weight excluding hydrogens is 432 g/mol. The van der Waals surface area contributed by atoms with Gasteiger partial charge in [-0.15, -0.1) is 0 Å². The first-order valence-corrected chi connectivity index (χ1v) is 11.4. The molecule has 180 valence electrons. The van der Waals surface area contributed by atoms with Crippen LogP contribution in [0.15, 0.2) is 66.7 Å². The molecule has 7 heteroatoms. The Labute approximate surface area is 199 Å². The van der Waals surface area contributed by atoms with E-state index in [9.17, 15) is 19.8 Å². The predicted molar refractivity (Wildman–Crippen MR) is 130 cm³/mol. The number of rotatable bonds is 11. The zero-order chi connectivity index (χ0) is 24.7. The van der Waals surface area contributed by atoms with Gasteiger partial charge < -0.3 is 20.7 Å². The van der Waals surface area contributed by atoms with Gasteiger partial charge in [0.15, 0.2) is 0 Å². The van der Waals surface area contributed by atoms with Crippen molar-refractivity contribution in [2.75, 3.05) is 0 Å². The number of carbonyl (C=O) groups excluding carboxylic acids is 2. The van der Waals surface area contributed by atoms with Crippen molar-refractivity contribution in [1.29, 1.82) is 0 Å². The average molecular weight is 465 g/mol. The van der Waals surface area contributed by atoms with Crippen LogP contribution in [-0.4, -0.2) is 44.9 Å². The van der Waals surface area contributed by atoms with Crippen molar-refractivity contribution in [3.05, 3.63) is 78.0 Å². The number of hydrogen-bond acceptors (Lipinski definition) is 6. The van der Waals surface area contributed by atoms with E-state index < -0.39 is 35.6 Å². The lowest BCUT2D eigenvalue weighted by Gasteiger charge is -2.27. The van der Waals surface area contributed by atoms with E-state index in [1.807, 2.05) is 54.6 Å². The number of amides is 1. The summed E-state index contributed by atoms with van der Waals surface area (Å²) < 4.78 is 5.72. The third-order valence-electron chi connectivity index (χ3n) is 5.81. The Morgan fingerprint density at radius 1 is 1.03 bits per heavy atom. The number of benzene rings is 2. The highest BCUT2D eigenvalue weighted by Gasteiger charge is 2.30. The molecule has 1 amide bonds. The quantitative estimate of drug-likeness (QED) is 0.374. The molecule has 0 spiro atoms. The number of hydrogen-bond donors (Lipinski definition) is 3. The second-order valence-corrected chi connectivity index (χ2v) is 9.28. The van der Waals surface area contributed by atoms with Crippen molar-refractivity contribution in [2.45, 2.75) is 57.3 Å². The molecule has 3 atom stereocenters. The fourth-order valence-electron chi connectivity index (χ4n) is 3.83. The second kappa shape index (κ2) is 11.2. The maximum absolute atomic E-state index is 12.9. The topological polar surface area (TPSA) is 123 Å². The number of fused-ring (bicyclic) bond motifs is 1. The lowest BCUT2D eigenvalue weighted by atomic mass is 9.88. The molecule has 0 aliphatic heterocycles. The van der Waals surface area contributed by atoms with Crippen molar-refractivity contribution >= 4 is 22.8 Å². The SMILES string of the molecule is CC(C)(O)CC[C@H](C[C@H](O)[C@H](Cc1ccccc1)OC(=O)c1ccc2ccccc2n1)C(N)=O. The van der Waals surface area contributed by atoms with Crippen LogP contribution in [0.5, 0.6) is 0 Å². The number of pyridine rings is 1. The monoisotopic (exact) mass is 464 g/mol. The summed E-state index contributed by atoms with van der Waals surface area (Å²) in [5, 5.41) is 21.9. The van der Waals surface area contributed by atoms with E-state index in [0.29, 0.717) is 18.4 Å². The summed E-state index contributed by atoms with van der Waals surface area (Å²) in [4.78, 5) is 29.3. The Bertz CT molecular complexity index is 1110. The molecule has 1 aromatic heterocycles. The third-order valence-corrected chi connectivity index (χ3v) is 5.81. The fraction of sp³-hybridized carbons (Fsp3) is 0.370. The van der Waals surface area contributed by atoms with Gasteiger partial charge in [-0.3, -0.25) is 4.79 Å². The molecule has 0 aliphatic carbocycles. The predicted octanol–water partition coefficient (Wildman–Crippen LogP) is 3.41. The van der Waals surface area contributed by atoms with Gasteiger partial charge in [0.05, 0.1) is 17.2 Å². The zero-order valence-electron chi connectivity index (χ0n) is 19.6. The number of aliphatic hydroxyl groups is 2. The number of aromatic nitrogens is 1. The Morgan fingerprint density at radius 3 is 2.38 bits per heavy atom. The van der Waals surface area contributed by atoms with Crippen molar-refractivity contribution in [2.24, 2.45) is 11.7 Å². The molecule has 0 fully saturated rings. The molecule has 34 heavy (non-hydrogen) atoms. The highest BCUT2D eigenvalue weighted by molar-refractivity contribution is 5.91. The minimum atomic E-state index is -1.14. The van der Waals surface area contributed by atoms with E-state index in [1.54, 1.807) is 26.0 Å². The number of aliphatic hydroxyl groups excluding tert-OH is 1. The van der Waals surface area contributed by atoms with Crippen LogP contribution < -0.4 is 5.73 Å². The van der Waals surface area contributed by atoms with Gasteiger partial charge >= 0.3 is 5.97 Å². The van der Waals surface area contributed by atoms with E-state index >= 15 is 0 Å². The Morgan fingerprint density at radius 2 is 1.71 bits per heavy atom. The largest absolute Gasteiger partial charge is 0.455 e. The van der Waals surface area contributed by atoms with Crippen LogP contribution in [0.4, 0.5) is 0 Å². The standard InChI is InChI=1S/C27H32N2O5/c1-27(2,33)15-14-20(25(28)31)17-23(30)24(16-18-8-4-3-5-9-18)34-26(32)22-13-12-19-10-6-7-11-21(19)29-22/h3-13,20,23-24,30,33H,14-17H2,1-2H3,(H2,28,31)/t20-,23+,24+/m1/s1. The summed E-state index contributed by atoms with van der Waals surface area (Å²) in [6, 6.07) is 20.2. The molecule has 3 aromatic rings. The summed E-state index contributed by atoms with van der Waals surface area (Å²) in [5.74, 6) is -1.89. The summed E-state index contributed by atoms with van der Waals surface area (Å²) in [5.41, 5.74) is 6.27. The Kier molecular flexibility index (Phi) is 8.36. The number of nitrogens with two attached hydrogens (primary N) is 1. The van der Waals surface area contributed by atoms with Gasteiger partial charge in [-0.2, -0.15) is 0 Å². The van der Waals surface area contributed by atoms with Crippen LogP contribution >= 0.6 is 0 Å². The minimum absolute atomic E-state index is 0.0152. The van der Waals surface area contributed by atoms with Crippen LogP contribution in [0, 0.1) is 5.92 Å². The van der Waals surface area contributed by atoms with E-state index in [0.717, 1.165) is 10.9 Å². The van der Waals surface area contributed by atoms with Gasteiger partial charge in [0, 0.05) is 17.7 Å². The highest BCUT2D eigenvalue weighted by Crippen LogP contribution is 2.23. The lowest BCUT2D eigenvalue weighted by molar-refractivity contribution is -0.124. The number of esters is 1. The molecule has 0 unspecified atom stereocenters. The van der Waals surface area contributed by atoms with Crippen molar-refractivity contribution < 1.29 is 24.5 Å². The molecule has 7 nitrogen and oxygen atoms in total. The van der Waals surface area contributed by atoms with Crippen molar-refractivity contribution in [1.82, 2.24) is 4.98 Å². The van der Waals surface area contributed by atoms with Crippen LogP contribution in [0.1, 0.15) is 49.2 Å². The molecule has 0 saturated heterocycles. The molecule has 0 bridgehead atoms. The van der Waals surface area contributed by atoms with Gasteiger partial charge in [-0.05, 0) is 50.8 Å². The van der Waals surface area contributed by atoms with Gasteiger partial charge in [-0.1, -0.05) is 54.6 Å². The van der Waals surface area contributed by atoms with Crippen LogP contribution in [0.2, 0.25) is 0 Å². The maximum atomic E-state index is 12.9. The summed E-state index contributed by atoms with van der Waals surface area (Å²) in [6.45, 7) is 3.30. The molecular formula is C27H32N2O5. The third kappa shape index (κ3) is 7.37. The van der Waals surface area contributed by atoms with Gasteiger partial charge in [0.2, 0.25) is 5.91 Å². The van der Waals surface area contributed by atoms with Crippen LogP contribution in [0.3, 0.4) is 0 Å². The second-order valence-electron chi connectivity index (χ2n) is 9.28. The van der Waals surface area contributed by atoms with E-state index in [2.05, 4.69) is 4.98 Å². The first-order valence-electron chi connectivity index (χ1n) is 11.4. The number of nitrogens with zero attached hydrogens (tertiary/aromatic N) is 1. The van der Waals surface area contributed by atoms with Crippen molar-refractivity contribution in [3.63, 3.8) is 0 Å². The summed E-state index contributed by atoms with van der Waals surface area (Å²) in [6.07, 6.45) is -1.11. The first-order chi connectivity index (χ1) is 16.1. The van der Waals surface area contributed by atoms with E-state index in [1.165, 1.54) is 0 Å². The Hall–Kier alpha value is -3.29. The average Bonchev–Trinajstić information content (AvgIpc) is 2.80. The van der Waals surface area contributed by atoms with Gasteiger partial charge in [0.1, 0.15) is 11.8 Å². The number of primary amides is 1. The lowest BCUT2D eigenvalue weighted by Crippen LogP contribution is -2.38. The van der Waals surface area contributed by atoms with Crippen LogP contribution in [0.25, 0.3) is 10.9 Å². The minimum Gasteiger partial charge on any atom is -0.455 e. The fourth-order valence-corrected chi connectivity index (χ4v) is 3.83. The Balaban J connectivity index is 1.78. The molecule has 2 aromatic carbocycles. The van der Waals surface area contributed by atoms with E-state index in [-0.39, 0.29) is 18.5 Å².